The first-order chi connectivity index (χ1) is 8.43. The van der Waals surface area contributed by atoms with Crippen LogP contribution in [0.4, 0.5) is 4.39 Å². The Bertz CT molecular complexity index is 521. The Morgan fingerprint density at radius 2 is 2.22 bits per heavy atom. The summed E-state index contributed by atoms with van der Waals surface area (Å²) in [6, 6.07) is 4.70. The average Bonchev–Trinajstić information content (AvgIpc) is 2.26. The summed E-state index contributed by atoms with van der Waals surface area (Å²) < 4.78 is 19.6. The maximum Gasteiger partial charge on any atom is 0.244 e. The molecule has 3 nitrogen and oxygen atoms in total. The molecule has 1 aromatic rings. The van der Waals surface area contributed by atoms with Gasteiger partial charge in [-0.3, -0.25) is 4.79 Å². The molecular weight excluding hydrogens is 233 g/mol. The molecule has 1 N–H and O–H groups in total. The highest BCUT2D eigenvalue weighted by Crippen LogP contribution is 2.41. The zero-order chi connectivity index (χ0) is 13.3. The molecule has 0 atom stereocenters. The van der Waals surface area contributed by atoms with Crippen LogP contribution in [0, 0.1) is 5.82 Å². The Hall–Kier alpha value is -1.84. The minimum Gasteiger partial charge on any atom is -0.487 e. The summed E-state index contributed by atoms with van der Waals surface area (Å²) in [7, 11) is 1.55. The van der Waals surface area contributed by atoms with Gasteiger partial charge >= 0.3 is 0 Å². The second-order valence-electron chi connectivity index (χ2n) is 4.94. The first kappa shape index (κ1) is 12.6. The molecule has 0 spiro atoms. The minimum absolute atomic E-state index is 0.239. The molecule has 0 saturated heterocycles. The Morgan fingerprint density at radius 3 is 2.89 bits per heavy atom. The number of carbonyl (C=O) groups is 1. The van der Waals surface area contributed by atoms with Crippen LogP contribution < -0.4 is 10.1 Å². The molecule has 0 fully saturated rings. The maximum atomic E-state index is 13.9. The summed E-state index contributed by atoms with van der Waals surface area (Å²) >= 11 is 0. The van der Waals surface area contributed by atoms with Gasteiger partial charge in [-0.1, -0.05) is 6.07 Å². The van der Waals surface area contributed by atoms with Gasteiger partial charge in [-0.05, 0) is 31.6 Å². The molecule has 0 aromatic heterocycles. The summed E-state index contributed by atoms with van der Waals surface area (Å²) in [4.78, 5) is 11.5. The molecule has 0 saturated carbocycles. The van der Waals surface area contributed by atoms with Crippen LogP contribution in [0.2, 0.25) is 0 Å². The highest BCUT2D eigenvalue weighted by molar-refractivity contribution is 5.96. The number of hydrogen-bond donors (Lipinski definition) is 1. The summed E-state index contributed by atoms with van der Waals surface area (Å²) in [6.07, 6.45) is 1.93. The zero-order valence-electron chi connectivity index (χ0n) is 10.7. The Kier molecular flexibility index (Phi) is 3.11. The van der Waals surface area contributed by atoms with Crippen molar-refractivity contribution in [1.82, 2.24) is 5.32 Å². The molecule has 0 bridgehead atoms. The Balaban J connectivity index is 2.55. The van der Waals surface area contributed by atoms with E-state index in [1.54, 1.807) is 19.2 Å². The molecule has 2 rings (SSSR count). The van der Waals surface area contributed by atoms with Crippen molar-refractivity contribution in [2.24, 2.45) is 0 Å². The van der Waals surface area contributed by atoms with Gasteiger partial charge in [-0.2, -0.15) is 0 Å². The molecule has 1 amide bonds. The number of halogens is 1. The third-order valence-corrected chi connectivity index (χ3v) is 2.85. The predicted octanol–water partition coefficient (Wildman–Crippen LogP) is 2.52. The number of nitrogens with one attached hydrogen (secondary N) is 1. The van der Waals surface area contributed by atoms with Crippen LogP contribution in [-0.4, -0.2) is 18.6 Å². The molecule has 96 valence electrons. The molecule has 0 aliphatic carbocycles. The van der Waals surface area contributed by atoms with Gasteiger partial charge in [0.2, 0.25) is 5.91 Å². The quantitative estimate of drug-likeness (QED) is 0.777. The van der Waals surface area contributed by atoms with Gasteiger partial charge < -0.3 is 10.1 Å². The van der Waals surface area contributed by atoms with E-state index in [1.165, 1.54) is 12.1 Å². The van der Waals surface area contributed by atoms with E-state index >= 15 is 0 Å². The van der Waals surface area contributed by atoms with Crippen LogP contribution in [0.5, 0.6) is 5.75 Å². The lowest BCUT2D eigenvalue weighted by Gasteiger charge is -2.34. The van der Waals surface area contributed by atoms with Crippen molar-refractivity contribution in [3.8, 4) is 5.75 Å². The van der Waals surface area contributed by atoms with Gasteiger partial charge in [0.05, 0.1) is 5.56 Å². The highest BCUT2D eigenvalue weighted by atomic mass is 19.1. The molecule has 18 heavy (non-hydrogen) atoms. The van der Waals surface area contributed by atoms with Gasteiger partial charge in [0.25, 0.3) is 0 Å². The van der Waals surface area contributed by atoms with Crippen molar-refractivity contribution in [2.45, 2.75) is 25.9 Å². The Morgan fingerprint density at radius 1 is 1.50 bits per heavy atom. The standard InChI is InChI=1S/C14H16FNO2/c1-14(2)8-9(7-12(17)16-3)13-10(15)5-4-6-11(13)18-14/h4-7H,8H2,1-3H3,(H,16,17)/b9-7+. The lowest BCUT2D eigenvalue weighted by molar-refractivity contribution is -0.116. The van der Waals surface area contributed by atoms with Crippen LogP contribution in [0.15, 0.2) is 24.3 Å². The normalized spacial score (nSPS) is 19.0. The summed E-state index contributed by atoms with van der Waals surface area (Å²) in [5, 5.41) is 2.51. The maximum absolute atomic E-state index is 13.9. The molecule has 1 heterocycles. The fraction of sp³-hybridized carbons (Fsp3) is 0.357. The lowest BCUT2D eigenvalue weighted by atomic mass is 9.88. The largest absolute Gasteiger partial charge is 0.487 e. The van der Waals surface area contributed by atoms with E-state index in [2.05, 4.69) is 5.32 Å². The zero-order valence-corrected chi connectivity index (χ0v) is 10.7. The van der Waals surface area contributed by atoms with Crippen molar-refractivity contribution in [3.63, 3.8) is 0 Å². The van der Waals surface area contributed by atoms with E-state index in [9.17, 15) is 9.18 Å². The van der Waals surface area contributed by atoms with Gasteiger partial charge in [-0.15, -0.1) is 0 Å². The second-order valence-corrected chi connectivity index (χ2v) is 4.94. The number of likely N-dealkylation sites (N-methyl/N-ethyl adjacent to an activating group) is 1. The van der Waals surface area contributed by atoms with Crippen molar-refractivity contribution in [1.29, 1.82) is 0 Å². The van der Waals surface area contributed by atoms with Gasteiger partial charge in [-0.25, -0.2) is 4.39 Å². The van der Waals surface area contributed by atoms with Gasteiger partial charge in [0.15, 0.2) is 0 Å². The molecule has 0 radical (unpaired) electrons. The van der Waals surface area contributed by atoms with Crippen LogP contribution in [0.1, 0.15) is 25.8 Å². The number of rotatable bonds is 1. The molecular formula is C14H16FNO2. The van der Waals surface area contributed by atoms with Crippen molar-refractivity contribution in [2.75, 3.05) is 7.05 Å². The van der Waals surface area contributed by atoms with Crippen molar-refractivity contribution < 1.29 is 13.9 Å². The van der Waals surface area contributed by atoms with E-state index in [0.717, 1.165) is 0 Å². The minimum atomic E-state index is -0.444. The molecule has 1 aromatic carbocycles. The molecule has 0 unspecified atom stereocenters. The van der Waals surface area contributed by atoms with Gasteiger partial charge in [0.1, 0.15) is 17.2 Å². The first-order valence-electron chi connectivity index (χ1n) is 5.83. The second kappa shape index (κ2) is 4.44. The van der Waals surface area contributed by atoms with E-state index < -0.39 is 5.60 Å². The van der Waals surface area contributed by atoms with Gasteiger partial charge in [0, 0.05) is 19.5 Å². The van der Waals surface area contributed by atoms with Crippen molar-refractivity contribution in [3.05, 3.63) is 35.7 Å². The molecule has 1 aliphatic rings. The van der Waals surface area contributed by atoms with Crippen LogP contribution in [0.3, 0.4) is 0 Å². The fourth-order valence-corrected chi connectivity index (χ4v) is 2.14. The van der Waals surface area contributed by atoms with Crippen molar-refractivity contribution >= 4 is 11.5 Å². The van der Waals surface area contributed by atoms with E-state index in [1.807, 2.05) is 13.8 Å². The smallest absolute Gasteiger partial charge is 0.244 e. The van der Waals surface area contributed by atoms with Crippen LogP contribution in [-0.2, 0) is 4.79 Å². The summed E-state index contributed by atoms with van der Waals surface area (Å²) in [5.41, 5.74) is 0.611. The number of fused-ring (bicyclic) bond motifs is 1. The lowest BCUT2D eigenvalue weighted by Crippen LogP contribution is -2.33. The highest BCUT2D eigenvalue weighted by Gasteiger charge is 2.32. The molecule has 1 aliphatic heterocycles. The fourth-order valence-electron chi connectivity index (χ4n) is 2.14. The predicted molar refractivity (Wildman–Crippen MR) is 67.8 cm³/mol. The van der Waals surface area contributed by atoms with Crippen LogP contribution in [0.25, 0.3) is 5.57 Å². The third kappa shape index (κ3) is 2.37. The van der Waals surface area contributed by atoms with Crippen LogP contribution >= 0.6 is 0 Å². The van der Waals surface area contributed by atoms with E-state index in [4.69, 9.17) is 4.74 Å². The number of ether oxygens (including phenoxy) is 1. The average molecular weight is 249 g/mol. The first-order valence-corrected chi connectivity index (χ1v) is 5.83. The Labute approximate surface area is 106 Å². The van der Waals surface area contributed by atoms with E-state index in [0.29, 0.717) is 23.3 Å². The number of hydrogen-bond acceptors (Lipinski definition) is 2. The monoisotopic (exact) mass is 249 g/mol. The number of amides is 1. The summed E-state index contributed by atoms with van der Waals surface area (Å²) in [5.74, 6) is -0.114. The SMILES string of the molecule is CNC(=O)/C=C1\CC(C)(C)Oc2cccc(F)c21. The number of carbonyl (C=O) groups excluding carboxylic acids is 1. The number of benzene rings is 1. The summed E-state index contributed by atoms with van der Waals surface area (Å²) in [6.45, 7) is 3.83. The van der Waals surface area contributed by atoms with E-state index in [-0.39, 0.29) is 11.7 Å². The molecule has 4 heteroatoms. The topological polar surface area (TPSA) is 38.3 Å². The third-order valence-electron chi connectivity index (χ3n) is 2.85.